The van der Waals surface area contributed by atoms with E-state index in [-0.39, 0.29) is 23.9 Å². The minimum absolute atomic E-state index is 0.0546. The van der Waals surface area contributed by atoms with Crippen molar-refractivity contribution in [2.45, 2.75) is 31.3 Å². The largest absolute Gasteiger partial charge is 0.457 e. The number of aromatic nitrogens is 1. The highest BCUT2D eigenvalue weighted by Gasteiger charge is 2.11. The molecule has 0 atom stereocenters. The van der Waals surface area contributed by atoms with Crippen molar-refractivity contribution in [1.29, 1.82) is 0 Å². The maximum absolute atomic E-state index is 11.7. The van der Waals surface area contributed by atoms with E-state index in [0.29, 0.717) is 12.2 Å². The fraction of sp³-hybridized carbons (Fsp3) is 0.333. The highest BCUT2D eigenvalue weighted by atomic mass is 32.2. The molecular weight excluding hydrogens is 320 g/mol. The van der Waals surface area contributed by atoms with E-state index in [0.717, 1.165) is 11.3 Å². The second kappa shape index (κ2) is 7.38. The molecule has 23 heavy (non-hydrogen) atoms. The Kier molecular flexibility index (Phi) is 5.51. The number of benzene rings is 1. The number of rotatable bonds is 7. The molecule has 1 aromatic heterocycles. The van der Waals surface area contributed by atoms with Crippen molar-refractivity contribution in [2.75, 3.05) is 7.05 Å². The third kappa shape index (κ3) is 4.90. The van der Waals surface area contributed by atoms with Crippen LogP contribution in [0, 0.1) is 6.92 Å². The predicted molar refractivity (Wildman–Crippen MR) is 82.0 cm³/mol. The molecule has 1 aromatic carbocycles. The number of hydrogen-bond donors (Lipinski definition) is 1. The van der Waals surface area contributed by atoms with Crippen LogP contribution in [0.3, 0.4) is 0 Å². The number of nitrogens with zero attached hydrogens (tertiary/aromatic N) is 1. The average Bonchev–Trinajstić information content (AvgIpc) is 2.97. The van der Waals surface area contributed by atoms with E-state index in [4.69, 9.17) is 9.26 Å². The number of carbonyl (C=O) groups is 1. The van der Waals surface area contributed by atoms with Gasteiger partial charge in [-0.2, -0.15) is 0 Å². The van der Waals surface area contributed by atoms with Crippen LogP contribution < -0.4 is 4.72 Å². The molecule has 0 fully saturated rings. The van der Waals surface area contributed by atoms with Crippen molar-refractivity contribution in [3.8, 4) is 0 Å². The molecule has 0 saturated heterocycles. The number of carbonyl (C=O) groups excluding carboxylic acids is 1. The second-order valence-electron chi connectivity index (χ2n) is 4.95. The van der Waals surface area contributed by atoms with Gasteiger partial charge in [0.25, 0.3) is 0 Å². The van der Waals surface area contributed by atoms with Crippen molar-refractivity contribution >= 4 is 16.0 Å². The molecule has 0 saturated carbocycles. The van der Waals surface area contributed by atoms with Crippen LogP contribution >= 0.6 is 0 Å². The zero-order valence-electron chi connectivity index (χ0n) is 12.9. The summed E-state index contributed by atoms with van der Waals surface area (Å²) in [7, 11) is -2.09. The van der Waals surface area contributed by atoms with Crippen LogP contribution in [0.25, 0.3) is 0 Å². The van der Waals surface area contributed by atoms with E-state index in [1.54, 1.807) is 25.1 Å². The number of ether oxygens (including phenoxy) is 1. The zero-order chi connectivity index (χ0) is 16.9. The highest BCUT2D eigenvalue weighted by Crippen LogP contribution is 2.12. The monoisotopic (exact) mass is 338 g/mol. The number of hydrogen-bond acceptors (Lipinski definition) is 6. The summed E-state index contributed by atoms with van der Waals surface area (Å²) in [6.45, 7) is 1.84. The van der Waals surface area contributed by atoms with E-state index in [9.17, 15) is 13.2 Å². The van der Waals surface area contributed by atoms with Gasteiger partial charge < -0.3 is 9.26 Å². The molecule has 0 aliphatic carbocycles. The van der Waals surface area contributed by atoms with Crippen molar-refractivity contribution in [2.24, 2.45) is 0 Å². The molecule has 0 unspecified atom stereocenters. The Labute approximate surface area is 134 Å². The van der Waals surface area contributed by atoms with Gasteiger partial charge in [-0.3, -0.25) is 4.79 Å². The van der Waals surface area contributed by atoms with Crippen LogP contribution in [0.4, 0.5) is 0 Å². The van der Waals surface area contributed by atoms with Crippen LogP contribution in [0.1, 0.15) is 23.4 Å². The Hall–Kier alpha value is -2.19. The third-order valence-electron chi connectivity index (χ3n) is 3.17. The molecule has 0 radical (unpaired) electrons. The van der Waals surface area contributed by atoms with Crippen LogP contribution in [-0.2, 0) is 32.6 Å². The first-order valence-corrected chi connectivity index (χ1v) is 8.49. The van der Waals surface area contributed by atoms with Gasteiger partial charge >= 0.3 is 5.97 Å². The Morgan fingerprint density at radius 3 is 2.57 bits per heavy atom. The Bertz CT molecular complexity index is 765. The van der Waals surface area contributed by atoms with E-state index in [1.807, 2.05) is 0 Å². The Morgan fingerprint density at radius 2 is 2.00 bits per heavy atom. The topological polar surface area (TPSA) is 98.5 Å². The molecule has 0 aliphatic heterocycles. The number of nitrogens with one attached hydrogen (secondary N) is 1. The molecule has 0 aliphatic rings. The van der Waals surface area contributed by atoms with E-state index < -0.39 is 10.0 Å². The lowest BCUT2D eigenvalue weighted by molar-refractivity contribution is -0.145. The maximum atomic E-state index is 11.7. The summed E-state index contributed by atoms with van der Waals surface area (Å²) in [5.74, 6) is 0.142. The smallest absolute Gasteiger partial charge is 0.306 e. The normalized spacial score (nSPS) is 11.4. The van der Waals surface area contributed by atoms with Gasteiger partial charge in [0, 0.05) is 12.5 Å². The molecule has 7 nitrogen and oxygen atoms in total. The van der Waals surface area contributed by atoms with Crippen molar-refractivity contribution in [1.82, 2.24) is 9.88 Å². The van der Waals surface area contributed by atoms with Crippen LogP contribution in [0.15, 0.2) is 39.8 Å². The Morgan fingerprint density at radius 1 is 1.30 bits per heavy atom. The van der Waals surface area contributed by atoms with Gasteiger partial charge in [-0.1, -0.05) is 17.3 Å². The SMILES string of the molecule is CNS(=O)(=O)c1ccc(CCC(=O)OCc2cc(C)no2)cc1. The summed E-state index contributed by atoms with van der Waals surface area (Å²) in [5, 5.41) is 3.70. The van der Waals surface area contributed by atoms with Gasteiger partial charge in [0.1, 0.15) is 0 Å². The van der Waals surface area contributed by atoms with E-state index >= 15 is 0 Å². The Balaban J connectivity index is 1.82. The first-order chi connectivity index (χ1) is 10.9. The summed E-state index contributed by atoms with van der Waals surface area (Å²) >= 11 is 0. The summed E-state index contributed by atoms with van der Waals surface area (Å²) in [6.07, 6.45) is 0.666. The van der Waals surface area contributed by atoms with Crippen molar-refractivity contribution < 1.29 is 22.5 Å². The van der Waals surface area contributed by atoms with Gasteiger partial charge in [0.05, 0.1) is 10.6 Å². The molecule has 2 aromatic rings. The summed E-state index contributed by atoms with van der Waals surface area (Å²) in [5.41, 5.74) is 1.58. The molecule has 0 bridgehead atoms. The van der Waals surface area contributed by atoms with Gasteiger partial charge in [-0.15, -0.1) is 0 Å². The molecule has 2 rings (SSSR count). The lowest BCUT2D eigenvalue weighted by Gasteiger charge is -2.05. The fourth-order valence-corrected chi connectivity index (χ4v) is 2.64. The molecule has 1 heterocycles. The van der Waals surface area contributed by atoms with Crippen LogP contribution in [-0.4, -0.2) is 26.6 Å². The number of sulfonamides is 1. The zero-order valence-corrected chi connectivity index (χ0v) is 13.7. The lowest BCUT2D eigenvalue weighted by atomic mass is 10.1. The van der Waals surface area contributed by atoms with Gasteiger partial charge in [-0.25, -0.2) is 13.1 Å². The third-order valence-corrected chi connectivity index (χ3v) is 4.60. The quantitative estimate of drug-likeness (QED) is 0.769. The molecule has 8 heteroatoms. The molecule has 1 N–H and O–H groups in total. The summed E-state index contributed by atoms with van der Waals surface area (Å²) < 4.78 is 35.5. The number of esters is 1. The van der Waals surface area contributed by atoms with Crippen molar-refractivity contribution in [3.05, 3.63) is 47.3 Å². The molecule has 124 valence electrons. The maximum Gasteiger partial charge on any atom is 0.306 e. The molecular formula is C15H18N2O5S. The van der Waals surface area contributed by atoms with Crippen molar-refractivity contribution in [3.63, 3.8) is 0 Å². The molecule has 0 spiro atoms. The number of aryl methyl sites for hydroxylation is 2. The minimum Gasteiger partial charge on any atom is -0.457 e. The van der Waals surface area contributed by atoms with E-state index in [2.05, 4.69) is 9.88 Å². The average molecular weight is 338 g/mol. The second-order valence-corrected chi connectivity index (χ2v) is 6.83. The van der Waals surface area contributed by atoms with Gasteiger partial charge in [0.2, 0.25) is 10.0 Å². The minimum atomic E-state index is -3.44. The summed E-state index contributed by atoms with van der Waals surface area (Å²) in [4.78, 5) is 11.9. The predicted octanol–water partition coefficient (Wildman–Crippen LogP) is 1.57. The molecule has 0 amide bonds. The van der Waals surface area contributed by atoms with Crippen LogP contribution in [0.2, 0.25) is 0 Å². The van der Waals surface area contributed by atoms with Crippen LogP contribution in [0.5, 0.6) is 0 Å². The standard InChI is InChI=1S/C15H18N2O5S/c1-11-9-13(22-17-11)10-21-15(18)8-5-12-3-6-14(7-4-12)23(19,20)16-2/h3-4,6-7,9,16H,5,8,10H2,1-2H3. The highest BCUT2D eigenvalue weighted by molar-refractivity contribution is 7.89. The lowest BCUT2D eigenvalue weighted by Crippen LogP contribution is -2.18. The van der Waals surface area contributed by atoms with E-state index in [1.165, 1.54) is 19.2 Å². The first kappa shape index (κ1) is 17.2. The van der Waals surface area contributed by atoms with Gasteiger partial charge in [0.15, 0.2) is 12.4 Å². The fourth-order valence-electron chi connectivity index (χ4n) is 1.91. The first-order valence-electron chi connectivity index (χ1n) is 7.01. The van der Waals surface area contributed by atoms with Gasteiger partial charge in [-0.05, 0) is 38.1 Å². The summed E-state index contributed by atoms with van der Waals surface area (Å²) in [6, 6.07) is 8.07.